The largest absolute Gasteiger partial charge is 0.357 e. The number of aryl methyl sites for hydroxylation is 1. The monoisotopic (exact) mass is 229 g/mol. The van der Waals surface area contributed by atoms with Crippen molar-refractivity contribution in [2.75, 3.05) is 16.8 Å². The van der Waals surface area contributed by atoms with Crippen molar-refractivity contribution in [2.45, 2.75) is 32.2 Å². The molecule has 1 atom stereocenters. The lowest BCUT2D eigenvalue weighted by Gasteiger charge is -2.21. The Kier molecular flexibility index (Phi) is 3.64. The third-order valence-electron chi connectivity index (χ3n) is 2.26. The highest BCUT2D eigenvalue weighted by Gasteiger charge is 2.14. The summed E-state index contributed by atoms with van der Waals surface area (Å²) in [5, 5.41) is 13.8. The number of hydrogen-bond acceptors (Lipinski definition) is 5. The zero-order valence-corrected chi connectivity index (χ0v) is 9.96. The van der Waals surface area contributed by atoms with E-state index in [9.17, 15) is 0 Å². The predicted molar refractivity (Wildman–Crippen MR) is 63.3 cm³/mol. The second-order valence-corrected chi connectivity index (χ2v) is 5.62. The summed E-state index contributed by atoms with van der Waals surface area (Å²) in [6.45, 7) is 2.11. The molecule has 0 saturated carbocycles. The summed E-state index contributed by atoms with van der Waals surface area (Å²) in [6.07, 6.45) is 3.58. The maximum Gasteiger partial charge on any atom is 0.205 e. The van der Waals surface area contributed by atoms with Gasteiger partial charge in [-0.2, -0.15) is 11.8 Å². The van der Waals surface area contributed by atoms with Gasteiger partial charge in [-0.25, -0.2) is 0 Å². The first kappa shape index (κ1) is 10.2. The maximum absolute atomic E-state index is 4.13. The van der Waals surface area contributed by atoms with Crippen LogP contribution in [0.3, 0.4) is 0 Å². The molecule has 1 aromatic heterocycles. The molecule has 1 N–H and O–H groups in total. The minimum atomic E-state index is 0.603. The van der Waals surface area contributed by atoms with Crippen molar-refractivity contribution in [2.24, 2.45) is 0 Å². The number of nitrogens with zero attached hydrogens (tertiary/aromatic N) is 2. The van der Waals surface area contributed by atoms with Crippen LogP contribution in [0.15, 0.2) is 0 Å². The molecular formula is C9H15N3S2. The van der Waals surface area contributed by atoms with Crippen molar-refractivity contribution >= 4 is 28.2 Å². The van der Waals surface area contributed by atoms with Crippen LogP contribution < -0.4 is 5.32 Å². The van der Waals surface area contributed by atoms with Gasteiger partial charge in [-0.05, 0) is 25.0 Å². The van der Waals surface area contributed by atoms with Crippen LogP contribution in [0, 0.1) is 0 Å². The van der Waals surface area contributed by atoms with Gasteiger partial charge in [0.2, 0.25) is 5.13 Å². The van der Waals surface area contributed by atoms with Crippen molar-refractivity contribution in [1.82, 2.24) is 10.2 Å². The Labute approximate surface area is 92.7 Å². The minimum absolute atomic E-state index is 0.603. The van der Waals surface area contributed by atoms with Crippen molar-refractivity contribution in [3.8, 4) is 0 Å². The quantitative estimate of drug-likeness (QED) is 0.863. The highest BCUT2D eigenvalue weighted by Crippen LogP contribution is 2.22. The van der Waals surface area contributed by atoms with Gasteiger partial charge in [0.25, 0.3) is 0 Å². The van der Waals surface area contributed by atoms with E-state index in [0.29, 0.717) is 6.04 Å². The van der Waals surface area contributed by atoms with Crippen LogP contribution in [0.1, 0.15) is 24.8 Å². The molecule has 1 unspecified atom stereocenters. The van der Waals surface area contributed by atoms with Crippen molar-refractivity contribution < 1.29 is 0 Å². The molecule has 1 fully saturated rings. The first-order valence-corrected chi connectivity index (χ1v) is 7.02. The summed E-state index contributed by atoms with van der Waals surface area (Å²) in [6, 6.07) is 0.603. The summed E-state index contributed by atoms with van der Waals surface area (Å²) < 4.78 is 0. The molecule has 2 rings (SSSR count). The van der Waals surface area contributed by atoms with Gasteiger partial charge < -0.3 is 5.32 Å². The topological polar surface area (TPSA) is 37.8 Å². The number of nitrogens with one attached hydrogen (secondary N) is 1. The summed E-state index contributed by atoms with van der Waals surface area (Å²) in [5.74, 6) is 2.52. The standard InChI is InChI=1S/C9H15N3S2/c1-2-8-11-12-9(14-8)10-7-4-3-5-13-6-7/h7H,2-6H2,1H3,(H,10,12). The highest BCUT2D eigenvalue weighted by atomic mass is 32.2. The molecule has 1 aliphatic rings. The van der Waals surface area contributed by atoms with Crippen LogP contribution in [0.5, 0.6) is 0 Å². The SMILES string of the molecule is CCc1nnc(NC2CCCSC2)s1. The smallest absolute Gasteiger partial charge is 0.205 e. The minimum Gasteiger partial charge on any atom is -0.357 e. The summed E-state index contributed by atoms with van der Waals surface area (Å²) in [7, 11) is 0. The first-order valence-electron chi connectivity index (χ1n) is 5.05. The van der Waals surface area contributed by atoms with E-state index in [4.69, 9.17) is 0 Å². The molecule has 0 spiro atoms. The van der Waals surface area contributed by atoms with Gasteiger partial charge in [0, 0.05) is 11.8 Å². The third kappa shape index (κ3) is 2.60. The van der Waals surface area contributed by atoms with Gasteiger partial charge in [-0.1, -0.05) is 18.3 Å². The molecule has 0 amide bonds. The lowest BCUT2D eigenvalue weighted by atomic mass is 10.2. The first-order chi connectivity index (χ1) is 6.88. The Morgan fingerprint density at radius 3 is 3.07 bits per heavy atom. The van der Waals surface area contributed by atoms with E-state index in [-0.39, 0.29) is 0 Å². The second kappa shape index (κ2) is 4.98. The zero-order chi connectivity index (χ0) is 9.80. The van der Waals surface area contributed by atoms with Gasteiger partial charge in [-0.3, -0.25) is 0 Å². The van der Waals surface area contributed by atoms with Gasteiger partial charge in [0.1, 0.15) is 5.01 Å². The molecule has 3 nitrogen and oxygen atoms in total. The van der Waals surface area contributed by atoms with Gasteiger partial charge in [0.05, 0.1) is 0 Å². The fraction of sp³-hybridized carbons (Fsp3) is 0.778. The van der Waals surface area contributed by atoms with Crippen LogP contribution >= 0.6 is 23.1 Å². The second-order valence-electron chi connectivity index (χ2n) is 3.41. The molecule has 0 aromatic carbocycles. The number of thioether (sulfide) groups is 1. The maximum atomic E-state index is 4.13. The third-order valence-corrected chi connectivity index (χ3v) is 4.47. The number of rotatable bonds is 3. The molecular weight excluding hydrogens is 214 g/mol. The van der Waals surface area contributed by atoms with Gasteiger partial charge >= 0.3 is 0 Å². The van der Waals surface area contributed by atoms with Crippen molar-refractivity contribution in [1.29, 1.82) is 0 Å². The van der Waals surface area contributed by atoms with Gasteiger partial charge in [0.15, 0.2) is 0 Å². The predicted octanol–water partition coefficient (Wildman–Crippen LogP) is 2.41. The van der Waals surface area contributed by atoms with Crippen LogP contribution in [0.2, 0.25) is 0 Å². The van der Waals surface area contributed by atoms with E-state index in [1.165, 1.54) is 24.3 Å². The average molecular weight is 229 g/mol. The number of hydrogen-bond donors (Lipinski definition) is 1. The normalized spacial score (nSPS) is 22.2. The molecule has 1 aliphatic heterocycles. The molecule has 14 heavy (non-hydrogen) atoms. The van der Waals surface area contributed by atoms with Crippen LogP contribution in [-0.2, 0) is 6.42 Å². The molecule has 0 bridgehead atoms. The van der Waals surface area contributed by atoms with Crippen LogP contribution in [0.4, 0.5) is 5.13 Å². The molecule has 0 aliphatic carbocycles. The Balaban J connectivity index is 1.89. The van der Waals surface area contributed by atoms with E-state index in [0.717, 1.165) is 16.6 Å². The average Bonchev–Trinajstić information content (AvgIpc) is 2.67. The zero-order valence-electron chi connectivity index (χ0n) is 8.32. The van der Waals surface area contributed by atoms with Crippen LogP contribution in [0.25, 0.3) is 0 Å². The van der Waals surface area contributed by atoms with Crippen LogP contribution in [-0.4, -0.2) is 27.7 Å². The van der Waals surface area contributed by atoms with E-state index in [1.807, 2.05) is 11.8 Å². The van der Waals surface area contributed by atoms with E-state index < -0.39 is 0 Å². The Morgan fingerprint density at radius 1 is 1.50 bits per heavy atom. The highest BCUT2D eigenvalue weighted by molar-refractivity contribution is 7.99. The molecule has 1 saturated heterocycles. The van der Waals surface area contributed by atoms with E-state index >= 15 is 0 Å². The van der Waals surface area contributed by atoms with Crippen molar-refractivity contribution in [3.63, 3.8) is 0 Å². The summed E-state index contributed by atoms with van der Waals surface area (Å²) in [4.78, 5) is 0. The Hall–Kier alpha value is -0.290. The lowest BCUT2D eigenvalue weighted by Crippen LogP contribution is -2.25. The Bertz CT molecular complexity index is 281. The molecule has 5 heteroatoms. The molecule has 1 aromatic rings. The molecule has 78 valence electrons. The van der Waals surface area contributed by atoms with Crippen molar-refractivity contribution in [3.05, 3.63) is 5.01 Å². The van der Waals surface area contributed by atoms with E-state index in [1.54, 1.807) is 11.3 Å². The summed E-state index contributed by atoms with van der Waals surface area (Å²) in [5.41, 5.74) is 0. The van der Waals surface area contributed by atoms with E-state index in [2.05, 4.69) is 22.4 Å². The number of anilines is 1. The fourth-order valence-electron chi connectivity index (χ4n) is 1.48. The van der Waals surface area contributed by atoms with Gasteiger partial charge in [-0.15, -0.1) is 10.2 Å². The lowest BCUT2D eigenvalue weighted by molar-refractivity contribution is 0.683. The number of aromatic nitrogens is 2. The summed E-state index contributed by atoms with van der Waals surface area (Å²) >= 11 is 3.71. The molecule has 2 heterocycles. The fourth-order valence-corrected chi connectivity index (χ4v) is 3.31. The molecule has 0 radical (unpaired) electrons. The Morgan fingerprint density at radius 2 is 2.43 bits per heavy atom.